The van der Waals surface area contributed by atoms with Gasteiger partial charge in [-0.3, -0.25) is 0 Å². The number of carbonyl (C=O) groups is 1. The van der Waals surface area contributed by atoms with Crippen molar-refractivity contribution >= 4 is 18.6 Å². The fourth-order valence-electron chi connectivity index (χ4n) is 2.33. The van der Waals surface area contributed by atoms with Crippen LogP contribution in [0.1, 0.15) is 30.8 Å². The van der Waals surface area contributed by atoms with Gasteiger partial charge in [0.15, 0.2) is 0 Å². The van der Waals surface area contributed by atoms with Gasteiger partial charge in [-0.2, -0.15) is 0 Å². The second kappa shape index (κ2) is 3.55. The lowest BCUT2D eigenvalue weighted by atomic mass is 9.80. The SMILES string of the molecule is COC(=O)c1ccc(B2OC3(C)CC3(C)O2)cn1. The number of aromatic nitrogens is 1. The summed E-state index contributed by atoms with van der Waals surface area (Å²) < 4.78 is 16.3. The minimum Gasteiger partial charge on any atom is -0.464 e. The maximum absolute atomic E-state index is 11.3. The van der Waals surface area contributed by atoms with Crippen LogP contribution in [0.3, 0.4) is 0 Å². The van der Waals surface area contributed by atoms with Gasteiger partial charge < -0.3 is 14.0 Å². The molecule has 0 spiro atoms. The van der Waals surface area contributed by atoms with Crippen molar-refractivity contribution in [3.05, 3.63) is 24.0 Å². The summed E-state index contributed by atoms with van der Waals surface area (Å²) in [4.78, 5) is 15.3. The Hall–Kier alpha value is -1.40. The zero-order chi connectivity index (χ0) is 13.0. The monoisotopic (exact) mass is 247 g/mol. The van der Waals surface area contributed by atoms with E-state index in [0.29, 0.717) is 0 Å². The van der Waals surface area contributed by atoms with Crippen molar-refractivity contribution in [2.75, 3.05) is 7.11 Å². The molecular weight excluding hydrogens is 233 g/mol. The molecule has 1 aliphatic heterocycles. The van der Waals surface area contributed by atoms with Crippen molar-refractivity contribution in [3.8, 4) is 0 Å². The number of nitrogens with zero attached hydrogens (tertiary/aromatic N) is 1. The lowest BCUT2D eigenvalue weighted by Crippen LogP contribution is -2.36. The third-order valence-corrected chi connectivity index (χ3v) is 3.86. The second-order valence-electron chi connectivity index (χ2n) is 5.17. The van der Waals surface area contributed by atoms with E-state index in [4.69, 9.17) is 9.31 Å². The number of fused-ring (bicyclic) bond motifs is 1. The average Bonchev–Trinajstić information content (AvgIpc) is 2.78. The zero-order valence-corrected chi connectivity index (χ0v) is 10.6. The molecule has 2 atom stereocenters. The van der Waals surface area contributed by atoms with E-state index in [1.807, 2.05) is 13.8 Å². The molecule has 1 aromatic heterocycles. The first-order chi connectivity index (χ1) is 8.47. The lowest BCUT2D eigenvalue weighted by Gasteiger charge is -2.10. The number of pyridine rings is 1. The normalized spacial score (nSPS) is 33.2. The number of carbonyl (C=O) groups excluding carboxylic acids is 1. The van der Waals surface area contributed by atoms with Gasteiger partial charge in [0.1, 0.15) is 5.69 Å². The molecule has 2 aliphatic rings. The third kappa shape index (κ3) is 1.56. The molecule has 2 fully saturated rings. The molecule has 2 unspecified atom stereocenters. The Morgan fingerprint density at radius 1 is 1.39 bits per heavy atom. The molecule has 3 rings (SSSR count). The summed E-state index contributed by atoms with van der Waals surface area (Å²) in [7, 11) is 0.934. The van der Waals surface area contributed by atoms with Crippen molar-refractivity contribution in [1.29, 1.82) is 0 Å². The summed E-state index contributed by atoms with van der Waals surface area (Å²) in [6.45, 7) is 4.09. The van der Waals surface area contributed by atoms with E-state index in [1.54, 1.807) is 18.3 Å². The first-order valence-electron chi connectivity index (χ1n) is 5.87. The number of rotatable bonds is 2. The lowest BCUT2D eigenvalue weighted by molar-refractivity contribution is 0.0594. The predicted molar refractivity (Wildman–Crippen MR) is 64.6 cm³/mol. The van der Waals surface area contributed by atoms with Gasteiger partial charge in [0.25, 0.3) is 0 Å². The summed E-state index contributed by atoms with van der Waals surface area (Å²) >= 11 is 0. The predicted octanol–water partition coefficient (Wildman–Crippen LogP) is 0.531. The number of ether oxygens (including phenoxy) is 1. The molecule has 6 heteroatoms. The summed E-state index contributed by atoms with van der Waals surface area (Å²) in [5.74, 6) is -0.448. The van der Waals surface area contributed by atoms with E-state index in [1.165, 1.54) is 7.11 Å². The zero-order valence-electron chi connectivity index (χ0n) is 10.6. The van der Waals surface area contributed by atoms with Gasteiger partial charge in [-0.15, -0.1) is 0 Å². The van der Waals surface area contributed by atoms with Crippen LogP contribution >= 0.6 is 0 Å². The molecular formula is C12H14BNO4. The maximum Gasteiger partial charge on any atom is 0.496 e. The Morgan fingerprint density at radius 3 is 2.56 bits per heavy atom. The molecule has 0 amide bonds. The van der Waals surface area contributed by atoms with Crippen LogP contribution in [0, 0.1) is 0 Å². The number of hydrogen-bond acceptors (Lipinski definition) is 5. The third-order valence-electron chi connectivity index (χ3n) is 3.86. The molecule has 94 valence electrons. The Morgan fingerprint density at radius 2 is 2.06 bits per heavy atom. The van der Waals surface area contributed by atoms with Crippen LogP contribution in [0.25, 0.3) is 0 Å². The second-order valence-corrected chi connectivity index (χ2v) is 5.17. The van der Waals surface area contributed by atoms with Crippen LogP contribution in [0.15, 0.2) is 18.3 Å². The van der Waals surface area contributed by atoms with E-state index < -0.39 is 13.1 Å². The number of hydrogen-bond donors (Lipinski definition) is 0. The van der Waals surface area contributed by atoms with Gasteiger partial charge in [-0.1, -0.05) is 6.07 Å². The van der Waals surface area contributed by atoms with Crippen LogP contribution in [0.4, 0.5) is 0 Å². The summed E-state index contributed by atoms with van der Waals surface area (Å²) in [5, 5.41) is 0. The van der Waals surface area contributed by atoms with Gasteiger partial charge in [-0.25, -0.2) is 9.78 Å². The van der Waals surface area contributed by atoms with E-state index in [-0.39, 0.29) is 16.9 Å². The fraction of sp³-hybridized carbons (Fsp3) is 0.500. The maximum atomic E-state index is 11.3. The Labute approximate surface area is 106 Å². The van der Waals surface area contributed by atoms with E-state index in [0.717, 1.165) is 11.9 Å². The molecule has 0 radical (unpaired) electrons. The van der Waals surface area contributed by atoms with Gasteiger partial charge >= 0.3 is 13.1 Å². The van der Waals surface area contributed by atoms with Gasteiger partial charge in [0, 0.05) is 18.1 Å². The topological polar surface area (TPSA) is 57.7 Å². The van der Waals surface area contributed by atoms with Crippen molar-refractivity contribution < 1.29 is 18.8 Å². The van der Waals surface area contributed by atoms with Crippen LogP contribution < -0.4 is 5.46 Å². The van der Waals surface area contributed by atoms with E-state index in [2.05, 4.69) is 9.72 Å². The fourth-order valence-corrected chi connectivity index (χ4v) is 2.33. The van der Waals surface area contributed by atoms with Gasteiger partial charge in [-0.05, 0) is 19.9 Å². The largest absolute Gasteiger partial charge is 0.496 e. The highest BCUT2D eigenvalue weighted by Gasteiger charge is 2.71. The van der Waals surface area contributed by atoms with Crippen LogP contribution in [0.5, 0.6) is 0 Å². The van der Waals surface area contributed by atoms with E-state index >= 15 is 0 Å². The quantitative estimate of drug-likeness (QED) is 0.563. The molecule has 18 heavy (non-hydrogen) atoms. The highest BCUT2D eigenvalue weighted by molar-refractivity contribution is 6.62. The summed E-state index contributed by atoms with van der Waals surface area (Å²) in [6.07, 6.45) is 2.51. The van der Waals surface area contributed by atoms with Crippen LogP contribution in [0.2, 0.25) is 0 Å². The Balaban J connectivity index is 1.77. The van der Waals surface area contributed by atoms with Crippen LogP contribution in [-0.2, 0) is 14.0 Å². The minimum absolute atomic E-state index is 0.182. The van der Waals surface area contributed by atoms with E-state index in [9.17, 15) is 4.79 Å². The van der Waals surface area contributed by atoms with Crippen molar-refractivity contribution in [2.24, 2.45) is 0 Å². The Kier molecular flexibility index (Phi) is 2.31. The van der Waals surface area contributed by atoms with Gasteiger partial charge in [0.05, 0.1) is 18.3 Å². The standard InChI is InChI=1S/C12H14BNO4/c1-11-7-12(11,2)18-13(17-11)8-4-5-9(14-6-8)10(15)16-3/h4-6H,7H2,1-3H3. The smallest absolute Gasteiger partial charge is 0.464 e. The molecule has 0 aromatic carbocycles. The van der Waals surface area contributed by atoms with Crippen molar-refractivity contribution in [3.63, 3.8) is 0 Å². The highest BCUT2D eigenvalue weighted by Crippen LogP contribution is 2.58. The van der Waals surface area contributed by atoms with Crippen molar-refractivity contribution in [1.82, 2.24) is 4.98 Å². The first-order valence-corrected chi connectivity index (χ1v) is 5.87. The van der Waals surface area contributed by atoms with Gasteiger partial charge in [0.2, 0.25) is 0 Å². The molecule has 1 saturated heterocycles. The molecule has 1 saturated carbocycles. The molecule has 2 heterocycles. The van der Waals surface area contributed by atoms with Crippen molar-refractivity contribution in [2.45, 2.75) is 31.5 Å². The molecule has 1 aromatic rings. The molecule has 0 N–H and O–H groups in total. The highest BCUT2D eigenvalue weighted by atomic mass is 16.7. The molecule has 0 bridgehead atoms. The van der Waals surface area contributed by atoms with Crippen LogP contribution in [-0.4, -0.2) is 36.4 Å². The summed E-state index contributed by atoms with van der Waals surface area (Å²) in [5.41, 5.74) is 0.733. The Bertz CT molecular complexity index is 489. The molecule has 1 aliphatic carbocycles. The summed E-state index contributed by atoms with van der Waals surface area (Å²) in [6, 6.07) is 3.39. The minimum atomic E-state index is -0.448. The average molecular weight is 247 g/mol. The molecule has 5 nitrogen and oxygen atoms in total. The number of esters is 1. The number of methoxy groups -OCH3 is 1. The first kappa shape index (κ1) is 11.7.